The van der Waals surface area contributed by atoms with E-state index in [4.69, 9.17) is 11.6 Å². The van der Waals surface area contributed by atoms with Crippen molar-refractivity contribution in [3.8, 4) is 0 Å². The number of carbonyl (C=O) groups excluding carboxylic acids is 1. The van der Waals surface area contributed by atoms with Gasteiger partial charge in [-0.2, -0.15) is 0 Å². The van der Waals surface area contributed by atoms with Crippen LogP contribution in [0, 0.1) is 0 Å². The third-order valence-electron chi connectivity index (χ3n) is 3.07. The van der Waals surface area contributed by atoms with Crippen LogP contribution in [0.1, 0.15) is 21.3 Å². The van der Waals surface area contributed by atoms with Gasteiger partial charge in [-0.25, -0.2) is 0 Å². The van der Waals surface area contributed by atoms with Gasteiger partial charge in [-0.3, -0.25) is 4.79 Å². The first-order chi connectivity index (χ1) is 9.59. The first-order valence-corrected chi connectivity index (χ1v) is 7.58. The van der Waals surface area contributed by atoms with Crippen molar-refractivity contribution in [2.75, 3.05) is 20.6 Å². The molecule has 0 saturated carbocycles. The average Bonchev–Trinajstić information content (AvgIpc) is 2.92. The second-order valence-electron chi connectivity index (χ2n) is 4.68. The van der Waals surface area contributed by atoms with Crippen molar-refractivity contribution in [2.24, 2.45) is 0 Å². The van der Waals surface area contributed by atoms with Crippen LogP contribution in [0.2, 0.25) is 5.02 Å². The Labute approximate surface area is 128 Å². The van der Waals surface area contributed by atoms with E-state index in [0.717, 1.165) is 0 Å². The molecule has 1 amide bonds. The summed E-state index contributed by atoms with van der Waals surface area (Å²) in [6.07, 6.45) is 0. The Kier molecular flexibility index (Phi) is 5.17. The molecule has 0 bridgehead atoms. The SMILES string of the molecule is CN(C)[C@H](CNC(=O)c1ccccc1Cl)c1cccs1. The highest BCUT2D eigenvalue weighted by molar-refractivity contribution is 7.10. The molecule has 1 atom stereocenters. The minimum absolute atomic E-state index is 0.140. The van der Waals surface area contributed by atoms with Gasteiger partial charge in [0.2, 0.25) is 0 Å². The summed E-state index contributed by atoms with van der Waals surface area (Å²) >= 11 is 7.72. The largest absolute Gasteiger partial charge is 0.350 e. The summed E-state index contributed by atoms with van der Waals surface area (Å²) < 4.78 is 0. The quantitative estimate of drug-likeness (QED) is 0.918. The van der Waals surface area contributed by atoms with Crippen LogP contribution in [0.3, 0.4) is 0 Å². The third-order valence-corrected chi connectivity index (χ3v) is 4.37. The van der Waals surface area contributed by atoms with E-state index in [1.165, 1.54) is 4.88 Å². The highest BCUT2D eigenvalue weighted by atomic mass is 35.5. The Hall–Kier alpha value is -1.36. The molecular formula is C15H17ClN2OS. The van der Waals surface area contributed by atoms with Gasteiger partial charge >= 0.3 is 0 Å². The van der Waals surface area contributed by atoms with Gasteiger partial charge in [0.05, 0.1) is 16.6 Å². The van der Waals surface area contributed by atoms with Crippen LogP contribution in [0.4, 0.5) is 0 Å². The number of hydrogen-bond donors (Lipinski definition) is 1. The summed E-state index contributed by atoms with van der Waals surface area (Å²) in [7, 11) is 4.01. The van der Waals surface area contributed by atoms with Gasteiger partial charge in [-0.1, -0.05) is 29.8 Å². The Morgan fingerprint density at radius 1 is 1.30 bits per heavy atom. The van der Waals surface area contributed by atoms with Crippen LogP contribution in [-0.4, -0.2) is 31.4 Å². The second kappa shape index (κ2) is 6.88. The number of rotatable bonds is 5. The number of benzene rings is 1. The first-order valence-electron chi connectivity index (χ1n) is 6.32. The van der Waals surface area contributed by atoms with E-state index in [0.29, 0.717) is 17.1 Å². The molecule has 0 aliphatic heterocycles. The Morgan fingerprint density at radius 3 is 2.65 bits per heavy atom. The molecule has 0 saturated heterocycles. The van der Waals surface area contributed by atoms with Crippen LogP contribution in [0.25, 0.3) is 0 Å². The van der Waals surface area contributed by atoms with Gasteiger partial charge in [0.1, 0.15) is 0 Å². The highest BCUT2D eigenvalue weighted by Crippen LogP contribution is 2.22. The minimum atomic E-state index is -0.140. The molecule has 0 fully saturated rings. The monoisotopic (exact) mass is 308 g/mol. The van der Waals surface area contributed by atoms with Crippen molar-refractivity contribution in [3.63, 3.8) is 0 Å². The van der Waals surface area contributed by atoms with E-state index < -0.39 is 0 Å². The molecule has 3 nitrogen and oxygen atoms in total. The van der Waals surface area contributed by atoms with Gasteiger partial charge in [-0.05, 0) is 37.7 Å². The fourth-order valence-electron chi connectivity index (χ4n) is 1.95. The van der Waals surface area contributed by atoms with E-state index in [2.05, 4.69) is 16.3 Å². The summed E-state index contributed by atoms with van der Waals surface area (Å²) in [5.74, 6) is -0.140. The number of thiophene rings is 1. The Bertz CT molecular complexity index is 569. The van der Waals surface area contributed by atoms with Crippen molar-refractivity contribution >= 4 is 28.8 Å². The van der Waals surface area contributed by atoms with E-state index in [-0.39, 0.29) is 11.9 Å². The van der Waals surface area contributed by atoms with E-state index >= 15 is 0 Å². The molecule has 1 heterocycles. The van der Waals surface area contributed by atoms with E-state index in [9.17, 15) is 4.79 Å². The molecule has 2 rings (SSSR count). The molecule has 0 spiro atoms. The lowest BCUT2D eigenvalue weighted by Crippen LogP contribution is -2.34. The predicted molar refractivity (Wildman–Crippen MR) is 84.5 cm³/mol. The van der Waals surface area contributed by atoms with Gasteiger partial charge in [-0.15, -0.1) is 11.3 Å². The molecule has 1 N–H and O–H groups in total. The molecule has 0 unspecified atom stereocenters. The standard InChI is InChI=1S/C15H17ClN2OS/c1-18(2)13(14-8-5-9-20-14)10-17-15(19)11-6-3-4-7-12(11)16/h3-9,13H,10H2,1-2H3,(H,17,19)/t13-/m1/s1. The zero-order valence-corrected chi connectivity index (χ0v) is 13.0. The van der Waals surface area contributed by atoms with Crippen LogP contribution in [0.5, 0.6) is 0 Å². The minimum Gasteiger partial charge on any atom is -0.350 e. The van der Waals surface area contributed by atoms with Crippen molar-refractivity contribution in [2.45, 2.75) is 6.04 Å². The Morgan fingerprint density at radius 2 is 2.05 bits per heavy atom. The lowest BCUT2D eigenvalue weighted by atomic mass is 10.2. The summed E-state index contributed by atoms with van der Waals surface area (Å²) in [5, 5.41) is 5.47. The van der Waals surface area contributed by atoms with E-state index in [1.807, 2.05) is 37.7 Å². The van der Waals surface area contributed by atoms with Gasteiger partial charge in [0.15, 0.2) is 0 Å². The first kappa shape index (κ1) is 15.0. The van der Waals surface area contributed by atoms with Crippen molar-refractivity contribution in [3.05, 3.63) is 57.2 Å². The zero-order chi connectivity index (χ0) is 14.5. The molecule has 0 aliphatic rings. The normalized spacial score (nSPS) is 12.4. The summed E-state index contributed by atoms with van der Waals surface area (Å²) in [6.45, 7) is 0.553. The summed E-state index contributed by atoms with van der Waals surface area (Å²) in [5.41, 5.74) is 0.512. The third kappa shape index (κ3) is 3.60. The second-order valence-corrected chi connectivity index (χ2v) is 6.07. The van der Waals surface area contributed by atoms with Crippen LogP contribution < -0.4 is 5.32 Å². The lowest BCUT2D eigenvalue weighted by Gasteiger charge is -2.23. The fraction of sp³-hybridized carbons (Fsp3) is 0.267. The number of carbonyl (C=O) groups is 1. The number of amides is 1. The smallest absolute Gasteiger partial charge is 0.252 e. The number of nitrogens with one attached hydrogen (secondary N) is 1. The van der Waals surface area contributed by atoms with Crippen molar-refractivity contribution in [1.82, 2.24) is 10.2 Å². The molecule has 20 heavy (non-hydrogen) atoms. The van der Waals surface area contributed by atoms with Crippen molar-refractivity contribution in [1.29, 1.82) is 0 Å². The van der Waals surface area contributed by atoms with Crippen LogP contribution in [-0.2, 0) is 0 Å². The molecular weight excluding hydrogens is 292 g/mol. The average molecular weight is 309 g/mol. The molecule has 5 heteroatoms. The predicted octanol–water partition coefficient (Wildman–Crippen LogP) is 3.43. The summed E-state index contributed by atoms with van der Waals surface area (Å²) in [4.78, 5) is 15.5. The topological polar surface area (TPSA) is 32.3 Å². The van der Waals surface area contributed by atoms with Gasteiger partial charge in [0.25, 0.3) is 5.91 Å². The van der Waals surface area contributed by atoms with Crippen LogP contribution in [0.15, 0.2) is 41.8 Å². The number of likely N-dealkylation sites (N-methyl/N-ethyl adjacent to an activating group) is 1. The van der Waals surface area contributed by atoms with Gasteiger partial charge in [0, 0.05) is 11.4 Å². The number of nitrogens with zero attached hydrogens (tertiary/aromatic N) is 1. The molecule has 1 aromatic heterocycles. The van der Waals surface area contributed by atoms with Crippen LogP contribution >= 0.6 is 22.9 Å². The maximum atomic E-state index is 12.2. The maximum Gasteiger partial charge on any atom is 0.252 e. The lowest BCUT2D eigenvalue weighted by molar-refractivity contribution is 0.0942. The van der Waals surface area contributed by atoms with Gasteiger partial charge < -0.3 is 10.2 Å². The van der Waals surface area contributed by atoms with Crippen molar-refractivity contribution < 1.29 is 4.79 Å². The number of halogens is 1. The molecule has 2 aromatic rings. The molecule has 0 radical (unpaired) electrons. The molecule has 106 valence electrons. The maximum absolute atomic E-state index is 12.2. The molecule has 1 aromatic carbocycles. The fourth-order valence-corrected chi connectivity index (χ4v) is 3.09. The van der Waals surface area contributed by atoms with E-state index in [1.54, 1.807) is 23.5 Å². The zero-order valence-electron chi connectivity index (χ0n) is 11.5. The summed E-state index contributed by atoms with van der Waals surface area (Å²) in [6, 6.07) is 11.3. The Balaban J connectivity index is 2.03. The molecule has 0 aliphatic carbocycles. The highest BCUT2D eigenvalue weighted by Gasteiger charge is 2.17. The number of hydrogen-bond acceptors (Lipinski definition) is 3.